The molecular weight excluding hydrogens is 302 g/mol. The molecule has 6 heteroatoms. The van der Waals surface area contributed by atoms with Gasteiger partial charge in [0, 0.05) is 26.7 Å². The summed E-state index contributed by atoms with van der Waals surface area (Å²) < 4.78 is 0. The summed E-state index contributed by atoms with van der Waals surface area (Å²) in [4.78, 5) is 26.6. The van der Waals surface area contributed by atoms with Gasteiger partial charge in [0.25, 0.3) is 0 Å². The molecule has 0 saturated heterocycles. The second-order valence-electron chi connectivity index (χ2n) is 5.28. The number of carbonyl (C=O) groups is 2. The van der Waals surface area contributed by atoms with Crippen LogP contribution in [-0.2, 0) is 11.2 Å². The predicted molar refractivity (Wildman–Crippen MR) is 83.7 cm³/mol. The third-order valence-electron chi connectivity index (χ3n) is 4.00. The molecule has 0 fully saturated rings. The van der Waals surface area contributed by atoms with Gasteiger partial charge < -0.3 is 15.2 Å². The highest BCUT2D eigenvalue weighted by molar-refractivity contribution is 8.01. The maximum atomic E-state index is 11.5. The molecule has 1 aliphatic heterocycles. The third kappa shape index (κ3) is 1.74. The number of rotatable bonds is 2. The number of carboxylic acids is 2. The Morgan fingerprint density at radius 1 is 1.18 bits per heavy atom. The van der Waals surface area contributed by atoms with E-state index in [4.69, 9.17) is 0 Å². The molecule has 0 radical (unpaired) electrons. The van der Waals surface area contributed by atoms with Crippen LogP contribution in [-0.4, -0.2) is 32.4 Å². The van der Waals surface area contributed by atoms with E-state index in [1.54, 1.807) is 6.07 Å². The lowest BCUT2D eigenvalue weighted by atomic mass is 9.99. The number of H-pyrrole nitrogens is 1. The minimum absolute atomic E-state index is 0.169. The number of aromatic carboxylic acids is 1. The summed E-state index contributed by atoms with van der Waals surface area (Å²) in [6, 6.07) is 9.33. The first-order valence-corrected chi connectivity index (χ1v) is 7.63. The highest BCUT2D eigenvalue weighted by atomic mass is 32.2. The van der Waals surface area contributed by atoms with Gasteiger partial charge in [-0.15, -0.1) is 11.8 Å². The van der Waals surface area contributed by atoms with Gasteiger partial charge in [0.1, 0.15) is 5.25 Å². The van der Waals surface area contributed by atoms with E-state index in [0.717, 1.165) is 39.1 Å². The zero-order valence-electron chi connectivity index (χ0n) is 11.3. The summed E-state index contributed by atoms with van der Waals surface area (Å²) in [5.74, 6) is -1.94. The smallest absolute Gasteiger partial charge is 0.336 e. The Labute approximate surface area is 128 Å². The monoisotopic (exact) mass is 313 g/mol. The van der Waals surface area contributed by atoms with Crippen LogP contribution in [0.5, 0.6) is 0 Å². The lowest BCUT2D eigenvalue weighted by molar-refractivity contribution is -0.136. The van der Waals surface area contributed by atoms with Crippen LogP contribution >= 0.6 is 11.8 Å². The number of hydrogen-bond acceptors (Lipinski definition) is 3. The van der Waals surface area contributed by atoms with Crippen molar-refractivity contribution in [2.45, 2.75) is 16.6 Å². The molecule has 5 nitrogen and oxygen atoms in total. The second-order valence-corrected chi connectivity index (χ2v) is 6.49. The lowest BCUT2D eigenvalue weighted by Crippen LogP contribution is -2.14. The number of aromatic amines is 1. The molecule has 1 aromatic heterocycles. The van der Waals surface area contributed by atoms with Gasteiger partial charge in [-0.25, -0.2) is 4.79 Å². The molecular formula is C16H11NO4S. The minimum atomic E-state index is -1.03. The van der Waals surface area contributed by atoms with Gasteiger partial charge in [0.05, 0.1) is 5.56 Å². The van der Waals surface area contributed by atoms with E-state index in [1.807, 2.05) is 24.3 Å². The standard InChI is InChI=1S/C16H11NO4S/c18-15(19)9-5-11-13(7-3-1-2-4-10(7)17-11)8-6-12(16(20)21)22-14(8)9/h1-5,12,17H,6H2,(H,18,19)(H,20,21). The summed E-state index contributed by atoms with van der Waals surface area (Å²) >= 11 is 1.13. The summed E-state index contributed by atoms with van der Waals surface area (Å²) in [6.45, 7) is 0. The van der Waals surface area contributed by atoms with Crippen LogP contribution in [0.15, 0.2) is 35.2 Å². The average molecular weight is 313 g/mol. The Balaban J connectivity index is 2.10. The second kappa shape index (κ2) is 4.51. The normalized spacial score (nSPS) is 17.0. The maximum Gasteiger partial charge on any atom is 0.336 e. The van der Waals surface area contributed by atoms with Crippen LogP contribution in [0.1, 0.15) is 15.9 Å². The van der Waals surface area contributed by atoms with E-state index in [9.17, 15) is 19.8 Å². The van der Waals surface area contributed by atoms with Crippen molar-refractivity contribution in [2.24, 2.45) is 0 Å². The number of carboxylic acid groups (broad SMARTS) is 2. The van der Waals surface area contributed by atoms with Gasteiger partial charge in [0.2, 0.25) is 0 Å². The Hall–Kier alpha value is -2.47. The Morgan fingerprint density at radius 2 is 1.95 bits per heavy atom. The predicted octanol–water partition coefficient (Wildman–Crippen LogP) is 3.12. The minimum Gasteiger partial charge on any atom is -0.480 e. The molecule has 0 saturated carbocycles. The number of nitrogens with one attached hydrogen (secondary N) is 1. The van der Waals surface area contributed by atoms with Gasteiger partial charge in [-0.2, -0.15) is 0 Å². The van der Waals surface area contributed by atoms with Crippen LogP contribution in [0.3, 0.4) is 0 Å². The molecule has 1 aliphatic rings. The fourth-order valence-electron chi connectivity index (χ4n) is 3.08. The Kier molecular flexibility index (Phi) is 2.71. The zero-order valence-corrected chi connectivity index (χ0v) is 12.1. The molecule has 0 spiro atoms. The highest BCUT2D eigenvalue weighted by Crippen LogP contribution is 2.45. The summed E-state index contributed by atoms with van der Waals surface area (Å²) in [7, 11) is 0. The number of hydrogen-bond donors (Lipinski definition) is 3. The van der Waals surface area contributed by atoms with E-state index in [1.165, 1.54) is 0 Å². The van der Waals surface area contributed by atoms with Crippen molar-refractivity contribution >= 4 is 45.5 Å². The molecule has 1 unspecified atom stereocenters. The molecule has 3 N–H and O–H groups in total. The molecule has 3 aromatic rings. The van der Waals surface area contributed by atoms with Gasteiger partial charge in [0.15, 0.2) is 0 Å². The first kappa shape index (κ1) is 13.2. The van der Waals surface area contributed by atoms with E-state index < -0.39 is 17.2 Å². The highest BCUT2D eigenvalue weighted by Gasteiger charge is 2.34. The maximum absolute atomic E-state index is 11.5. The number of benzene rings is 2. The molecule has 1 atom stereocenters. The van der Waals surface area contributed by atoms with Gasteiger partial charge in [-0.3, -0.25) is 4.79 Å². The number of fused-ring (bicyclic) bond motifs is 5. The summed E-state index contributed by atoms with van der Waals surface area (Å²) in [5, 5.41) is 20.0. The molecule has 2 aromatic carbocycles. The molecule has 0 bridgehead atoms. The van der Waals surface area contributed by atoms with Crippen LogP contribution in [0, 0.1) is 0 Å². The first-order valence-electron chi connectivity index (χ1n) is 6.75. The largest absolute Gasteiger partial charge is 0.480 e. The van der Waals surface area contributed by atoms with Crippen molar-refractivity contribution in [2.75, 3.05) is 0 Å². The van der Waals surface area contributed by atoms with E-state index in [0.29, 0.717) is 11.3 Å². The molecule has 0 amide bonds. The number of aliphatic carboxylic acids is 1. The Morgan fingerprint density at radius 3 is 2.68 bits per heavy atom. The topological polar surface area (TPSA) is 90.4 Å². The van der Waals surface area contributed by atoms with Crippen LogP contribution < -0.4 is 0 Å². The number of thioether (sulfide) groups is 1. The van der Waals surface area contributed by atoms with Crippen LogP contribution in [0.2, 0.25) is 0 Å². The van der Waals surface area contributed by atoms with E-state index in [-0.39, 0.29) is 5.56 Å². The fraction of sp³-hybridized carbons (Fsp3) is 0.125. The third-order valence-corrected chi connectivity index (χ3v) is 5.35. The molecule has 110 valence electrons. The molecule has 2 heterocycles. The first-order chi connectivity index (χ1) is 10.6. The van der Waals surface area contributed by atoms with Gasteiger partial charge in [-0.05, 0) is 24.1 Å². The van der Waals surface area contributed by atoms with E-state index in [2.05, 4.69) is 4.98 Å². The lowest BCUT2D eigenvalue weighted by Gasteiger charge is -2.05. The van der Waals surface area contributed by atoms with Crippen molar-refractivity contribution in [1.82, 2.24) is 4.98 Å². The number of aromatic nitrogens is 1. The van der Waals surface area contributed by atoms with Gasteiger partial charge >= 0.3 is 11.9 Å². The fourth-order valence-corrected chi connectivity index (χ4v) is 4.31. The van der Waals surface area contributed by atoms with Crippen LogP contribution in [0.4, 0.5) is 0 Å². The van der Waals surface area contributed by atoms with Crippen molar-refractivity contribution in [3.8, 4) is 0 Å². The van der Waals surface area contributed by atoms with Gasteiger partial charge in [-0.1, -0.05) is 18.2 Å². The quantitative estimate of drug-likeness (QED) is 0.676. The average Bonchev–Trinajstić information content (AvgIpc) is 3.06. The zero-order chi connectivity index (χ0) is 15.4. The van der Waals surface area contributed by atoms with Crippen molar-refractivity contribution in [3.05, 3.63) is 41.5 Å². The Bertz CT molecular complexity index is 960. The van der Waals surface area contributed by atoms with Crippen LogP contribution in [0.25, 0.3) is 21.8 Å². The number of para-hydroxylation sites is 1. The molecule has 4 rings (SSSR count). The molecule has 0 aliphatic carbocycles. The van der Waals surface area contributed by atoms with Crippen molar-refractivity contribution < 1.29 is 19.8 Å². The van der Waals surface area contributed by atoms with Crippen molar-refractivity contribution in [3.63, 3.8) is 0 Å². The SMILES string of the molecule is O=C(O)c1cc2[nH]c3ccccc3c2c2c1SC(C(=O)O)C2. The molecule has 22 heavy (non-hydrogen) atoms. The summed E-state index contributed by atoms with van der Waals surface area (Å²) in [6.07, 6.45) is 0.342. The summed E-state index contributed by atoms with van der Waals surface area (Å²) in [5.41, 5.74) is 2.66. The van der Waals surface area contributed by atoms with Crippen molar-refractivity contribution in [1.29, 1.82) is 0 Å². The van der Waals surface area contributed by atoms with E-state index >= 15 is 0 Å².